The lowest BCUT2D eigenvalue weighted by Crippen LogP contribution is -2.59. The van der Waals surface area contributed by atoms with Crippen molar-refractivity contribution < 1.29 is 0 Å². The number of benzene rings is 8. The summed E-state index contributed by atoms with van der Waals surface area (Å²) < 4.78 is 5.49. The van der Waals surface area contributed by atoms with Crippen molar-refractivity contribution in [2.24, 2.45) is 0 Å². The van der Waals surface area contributed by atoms with Crippen LogP contribution in [0.2, 0.25) is 0 Å². The second-order valence-electron chi connectivity index (χ2n) is 20.6. The van der Waals surface area contributed by atoms with Crippen molar-refractivity contribution in [3.63, 3.8) is 0 Å². The number of aromatic nitrogens is 2. The molecule has 0 unspecified atom stereocenters. The van der Waals surface area contributed by atoms with Crippen LogP contribution in [0.4, 0.5) is 0 Å². The van der Waals surface area contributed by atoms with Crippen LogP contribution in [0.3, 0.4) is 0 Å². The number of fused-ring (bicyclic) bond motifs is 17. The second kappa shape index (κ2) is 13.4. The molecule has 0 bridgehead atoms. The average Bonchev–Trinajstić information content (AvgIpc) is 3.88. The summed E-state index contributed by atoms with van der Waals surface area (Å²) in [7, 11) is 0. The van der Waals surface area contributed by atoms with E-state index in [9.17, 15) is 0 Å². The Morgan fingerprint density at radius 1 is 0.349 bits per heavy atom. The third-order valence-electron chi connectivity index (χ3n) is 17.4. The van der Waals surface area contributed by atoms with Crippen LogP contribution in [0.25, 0.3) is 87.3 Å². The molecule has 0 radical (unpaired) electrons. The molecule has 0 atom stereocenters. The third-order valence-corrected chi connectivity index (χ3v) is 17.4. The minimum absolute atomic E-state index is 0.170. The standard InChI is InChI=1S/C60H53BN2/c1-4-15-36(16-5-1)39-27-30-53-48(31-39)50-33-41(38-19-8-3-9-20-38)34-51-58(50)62(53)54-25-14-26-55-57(54)61(51)52-35-40(37-17-6-2-7-18-37)32-49-47-29-28-46-44-23-11-10-21-42(44)43-22-12-13-24-45(43)56(46)60(47)63(55)59(49)52/h10-14,21-38H,1-9,15-20H2. The predicted molar refractivity (Wildman–Crippen MR) is 270 cm³/mol. The van der Waals surface area contributed by atoms with E-state index >= 15 is 0 Å². The molecule has 3 heteroatoms. The molecule has 0 spiro atoms. The van der Waals surface area contributed by atoms with Gasteiger partial charge in [0.1, 0.15) is 0 Å². The lowest BCUT2D eigenvalue weighted by molar-refractivity contribution is 0.444. The van der Waals surface area contributed by atoms with Gasteiger partial charge in [-0.2, -0.15) is 0 Å². The van der Waals surface area contributed by atoms with Gasteiger partial charge < -0.3 is 9.13 Å². The second-order valence-corrected chi connectivity index (χ2v) is 20.6. The molecule has 3 saturated carbocycles. The fraction of sp³-hybridized carbons (Fsp3) is 0.300. The van der Waals surface area contributed by atoms with E-state index in [1.807, 2.05) is 0 Å². The smallest absolute Gasteiger partial charge is 0.252 e. The van der Waals surface area contributed by atoms with Crippen LogP contribution in [0.1, 0.15) is 131 Å². The molecule has 3 fully saturated rings. The molecule has 8 aromatic carbocycles. The van der Waals surface area contributed by atoms with Crippen molar-refractivity contribution >= 4 is 99.0 Å². The van der Waals surface area contributed by atoms with Crippen molar-refractivity contribution in [1.82, 2.24) is 9.13 Å². The van der Waals surface area contributed by atoms with Gasteiger partial charge in [0.2, 0.25) is 0 Å². The van der Waals surface area contributed by atoms with Crippen LogP contribution in [0, 0.1) is 0 Å². The maximum Gasteiger partial charge on any atom is 0.252 e. The predicted octanol–water partition coefficient (Wildman–Crippen LogP) is 14.6. The van der Waals surface area contributed by atoms with E-state index in [-0.39, 0.29) is 6.71 Å². The van der Waals surface area contributed by atoms with Crippen LogP contribution < -0.4 is 16.4 Å². The molecule has 306 valence electrons. The molecule has 10 aromatic rings. The van der Waals surface area contributed by atoms with E-state index < -0.39 is 0 Å². The summed E-state index contributed by atoms with van der Waals surface area (Å²) in [6, 6.07) is 49.1. The molecule has 2 nitrogen and oxygen atoms in total. The van der Waals surface area contributed by atoms with Gasteiger partial charge >= 0.3 is 0 Å². The average molecular weight is 813 g/mol. The zero-order valence-corrected chi connectivity index (χ0v) is 36.4. The number of rotatable bonds is 3. The fourth-order valence-electron chi connectivity index (χ4n) is 14.6. The van der Waals surface area contributed by atoms with Gasteiger partial charge in [0.25, 0.3) is 6.71 Å². The van der Waals surface area contributed by atoms with E-state index in [4.69, 9.17) is 0 Å². The summed E-state index contributed by atoms with van der Waals surface area (Å²) in [6.45, 7) is 0.170. The van der Waals surface area contributed by atoms with Crippen molar-refractivity contribution in [3.05, 3.63) is 138 Å². The maximum absolute atomic E-state index is 2.77. The Hall–Kier alpha value is -5.80. The minimum Gasteiger partial charge on any atom is -0.310 e. The maximum atomic E-state index is 2.77. The first-order valence-corrected chi connectivity index (χ1v) is 24.9. The van der Waals surface area contributed by atoms with E-state index in [0.29, 0.717) is 17.8 Å². The van der Waals surface area contributed by atoms with Crippen LogP contribution in [-0.2, 0) is 0 Å². The number of hydrogen-bond acceptors (Lipinski definition) is 0. The quantitative estimate of drug-likeness (QED) is 0.124. The highest BCUT2D eigenvalue weighted by Gasteiger charge is 2.42. The summed E-state index contributed by atoms with van der Waals surface area (Å²) in [5.41, 5.74) is 17.7. The lowest BCUT2D eigenvalue weighted by Gasteiger charge is -2.35. The molecule has 0 saturated heterocycles. The summed E-state index contributed by atoms with van der Waals surface area (Å²) in [5.74, 6) is 1.93. The Balaban J connectivity index is 1.11. The van der Waals surface area contributed by atoms with Gasteiger partial charge in [0.15, 0.2) is 0 Å². The third kappa shape index (κ3) is 4.87. The largest absolute Gasteiger partial charge is 0.310 e. The van der Waals surface area contributed by atoms with Gasteiger partial charge in [-0.15, -0.1) is 0 Å². The Morgan fingerprint density at radius 2 is 0.825 bits per heavy atom. The number of hydrogen-bond donors (Lipinski definition) is 0. The number of nitrogens with zero attached hydrogens (tertiary/aromatic N) is 2. The monoisotopic (exact) mass is 812 g/mol. The van der Waals surface area contributed by atoms with Gasteiger partial charge in [-0.1, -0.05) is 143 Å². The van der Waals surface area contributed by atoms with Gasteiger partial charge in [-0.3, -0.25) is 0 Å². The highest BCUT2D eigenvalue weighted by Crippen LogP contribution is 2.47. The Kier molecular flexibility index (Phi) is 7.56. The Bertz CT molecular complexity index is 3550. The molecule has 2 aromatic heterocycles. The molecule has 0 amide bonds. The van der Waals surface area contributed by atoms with E-state index in [0.717, 1.165) is 0 Å². The molecule has 3 aliphatic carbocycles. The zero-order chi connectivity index (χ0) is 40.9. The molecular formula is C60H53BN2. The van der Waals surface area contributed by atoms with E-state index in [2.05, 4.69) is 130 Å². The molecule has 4 heterocycles. The molecule has 63 heavy (non-hydrogen) atoms. The van der Waals surface area contributed by atoms with Crippen molar-refractivity contribution in [2.45, 2.75) is 114 Å². The summed E-state index contributed by atoms with van der Waals surface area (Å²) in [6.07, 6.45) is 20.1. The highest BCUT2D eigenvalue weighted by molar-refractivity contribution is 7.00. The van der Waals surface area contributed by atoms with Crippen LogP contribution >= 0.6 is 0 Å². The Morgan fingerprint density at radius 3 is 1.44 bits per heavy atom. The molecule has 2 aliphatic heterocycles. The molecule has 5 aliphatic rings. The van der Waals surface area contributed by atoms with E-state index in [1.165, 1.54) is 195 Å². The van der Waals surface area contributed by atoms with Gasteiger partial charge in [-0.05, 0) is 153 Å². The Labute approximate surface area is 370 Å². The summed E-state index contributed by atoms with van der Waals surface area (Å²) in [5, 5.41) is 13.9. The van der Waals surface area contributed by atoms with Crippen molar-refractivity contribution in [1.29, 1.82) is 0 Å². The molecule has 15 rings (SSSR count). The molecule has 0 N–H and O–H groups in total. The van der Waals surface area contributed by atoms with Crippen LogP contribution in [-0.4, -0.2) is 15.8 Å². The minimum atomic E-state index is 0.170. The normalized spacial score (nSPS) is 18.3. The SMILES string of the molecule is c1cc2c3c(c1)-n1c4c(cc(C5CCCCC5)cc4c4ccc5c6ccccc6c6ccccc6c5c41)B3c1cc(C3CCCCC3)cc3c4cc(C5CCCCC5)ccc4n-2c13. The van der Waals surface area contributed by atoms with E-state index in [1.54, 1.807) is 22.2 Å². The first-order valence-electron chi connectivity index (χ1n) is 24.9. The molecular weight excluding hydrogens is 759 g/mol. The van der Waals surface area contributed by atoms with Crippen LogP contribution in [0.15, 0.2) is 121 Å². The first kappa shape index (κ1) is 35.6. The van der Waals surface area contributed by atoms with Gasteiger partial charge in [0, 0.05) is 49.3 Å². The lowest BCUT2D eigenvalue weighted by atomic mass is 9.34. The van der Waals surface area contributed by atoms with Crippen molar-refractivity contribution in [3.8, 4) is 11.4 Å². The van der Waals surface area contributed by atoms with Crippen molar-refractivity contribution in [2.75, 3.05) is 0 Å². The first-order chi connectivity index (χ1) is 31.3. The summed E-state index contributed by atoms with van der Waals surface area (Å²) >= 11 is 0. The summed E-state index contributed by atoms with van der Waals surface area (Å²) in [4.78, 5) is 0. The highest BCUT2D eigenvalue weighted by atomic mass is 15.0. The zero-order valence-electron chi connectivity index (χ0n) is 36.4. The van der Waals surface area contributed by atoms with Gasteiger partial charge in [0.05, 0.1) is 11.0 Å². The fourth-order valence-corrected chi connectivity index (χ4v) is 14.6. The van der Waals surface area contributed by atoms with Gasteiger partial charge in [-0.25, -0.2) is 0 Å². The van der Waals surface area contributed by atoms with Crippen LogP contribution in [0.5, 0.6) is 0 Å². The topological polar surface area (TPSA) is 9.86 Å².